The highest BCUT2D eigenvalue weighted by atomic mass is 16.5. The van der Waals surface area contributed by atoms with E-state index >= 15 is 0 Å². The molecule has 0 amide bonds. The van der Waals surface area contributed by atoms with Crippen molar-refractivity contribution in [1.82, 2.24) is 4.90 Å². The van der Waals surface area contributed by atoms with Crippen LogP contribution in [0.4, 0.5) is 0 Å². The number of hydrogen-bond donors (Lipinski definition) is 0. The first-order valence-electron chi connectivity index (χ1n) is 6.35. The van der Waals surface area contributed by atoms with Crippen molar-refractivity contribution in [3.05, 3.63) is 29.3 Å². The number of morpholine rings is 1. The lowest BCUT2D eigenvalue weighted by Crippen LogP contribution is -2.38. The van der Waals surface area contributed by atoms with E-state index in [0.717, 1.165) is 37.4 Å². The van der Waals surface area contributed by atoms with Crippen LogP contribution in [0.2, 0.25) is 0 Å². The third-order valence-electron chi connectivity index (χ3n) is 3.56. The SMILES string of the molecule is N#CC(c1ccc2c(c1)CCO2)N1CCOCC1. The minimum Gasteiger partial charge on any atom is -0.493 e. The molecule has 0 radical (unpaired) electrons. The number of nitriles is 1. The van der Waals surface area contributed by atoms with Crippen molar-refractivity contribution in [2.45, 2.75) is 12.5 Å². The summed E-state index contributed by atoms with van der Waals surface area (Å²) in [5.41, 5.74) is 2.30. The Kier molecular flexibility index (Phi) is 3.18. The van der Waals surface area contributed by atoms with Crippen LogP contribution in [0.25, 0.3) is 0 Å². The normalized spacial score (nSPS) is 20.8. The maximum Gasteiger partial charge on any atom is 0.124 e. The average Bonchev–Trinajstić information content (AvgIpc) is 2.88. The van der Waals surface area contributed by atoms with E-state index in [4.69, 9.17) is 9.47 Å². The molecule has 94 valence electrons. The van der Waals surface area contributed by atoms with Crippen LogP contribution in [0.5, 0.6) is 5.75 Å². The number of rotatable bonds is 2. The third-order valence-corrected chi connectivity index (χ3v) is 3.56. The molecule has 4 heteroatoms. The molecule has 0 saturated carbocycles. The molecule has 1 fully saturated rings. The molecular weight excluding hydrogens is 228 g/mol. The van der Waals surface area contributed by atoms with Gasteiger partial charge in [-0.25, -0.2) is 0 Å². The van der Waals surface area contributed by atoms with Gasteiger partial charge >= 0.3 is 0 Å². The first-order valence-corrected chi connectivity index (χ1v) is 6.35. The second kappa shape index (κ2) is 4.97. The van der Waals surface area contributed by atoms with Crippen LogP contribution in [0.3, 0.4) is 0 Å². The average molecular weight is 244 g/mol. The second-order valence-electron chi connectivity index (χ2n) is 4.65. The van der Waals surface area contributed by atoms with Crippen molar-refractivity contribution in [3.63, 3.8) is 0 Å². The van der Waals surface area contributed by atoms with Crippen LogP contribution in [-0.2, 0) is 11.2 Å². The van der Waals surface area contributed by atoms with Gasteiger partial charge in [0, 0.05) is 19.5 Å². The Bertz CT molecular complexity index is 475. The summed E-state index contributed by atoms with van der Waals surface area (Å²) < 4.78 is 10.8. The first kappa shape index (κ1) is 11.5. The van der Waals surface area contributed by atoms with Gasteiger partial charge in [-0.15, -0.1) is 0 Å². The molecule has 2 aliphatic heterocycles. The van der Waals surface area contributed by atoms with Crippen LogP contribution in [0.1, 0.15) is 17.2 Å². The van der Waals surface area contributed by atoms with E-state index in [1.54, 1.807) is 0 Å². The van der Waals surface area contributed by atoms with Gasteiger partial charge in [0.25, 0.3) is 0 Å². The fourth-order valence-electron chi connectivity index (χ4n) is 2.58. The van der Waals surface area contributed by atoms with Gasteiger partial charge in [-0.2, -0.15) is 5.26 Å². The first-order chi connectivity index (χ1) is 8.88. The van der Waals surface area contributed by atoms with E-state index in [9.17, 15) is 5.26 Å². The van der Waals surface area contributed by atoms with E-state index in [1.165, 1.54) is 5.56 Å². The van der Waals surface area contributed by atoms with Gasteiger partial charge in [0.15, 0.2) is 0 Å². The summed E-state index contributed by atoms with van der Waals surface area (Å²) in [5, 5.41) is 9.42. The van der Waals surface area contributed by atoms with Crippen molar-refractivity contribution >= 4 is 0 Å². The van der Waals surface area contributed by atoms with Crippen LogP contribution >= 0.6 is 0 Å². The molecule has 0 bridgehead atoms. The Hall–Kier alpha value is -1.57. The summed E-state index contributed by atoms with van der Waals surface area (Å²) in [7, 11) is 0. The van der Waals surface area contributed by atoms with Gasteiger partial charge in [-0.3, -0.25) is 4.90 Å². The van der Waals surface area contributed by atoms with Crippen LogP contribution in [0, 0.1) is 11.3 Å². The summed E-state index contributed by atoms with van der Waals surface area (Å²) in [6.45, 7) is 3.84. The van der Waals surface area contributed by atoms with E-state index in [0.29, 0.717) is 13.2 Å². The highest BCUT2D eigenvalue weighted by molar-refractivity contribution is 5.42. The van der Waals surface area contributed by atoms with Gasteiger partial charge in [0.2, 0.25) is 0 Å². The monoisotopic (exact) mass is 244 g/mol. The highest BCUT2D eigenvalue weighted by Gasteiger charge is 2.23. The van der Waals surface area contributed by atoms with Crippen molar-refractivity contribution in [2.24, 2.45) is 0 Å². The van der Waals surface area contributed by atoms with Crippen molar-refractivity contribution in [1.29, 1.82) is 5.26 Å². The second-order valence-corrected chi connectivity index (χ2v) is 4.65. The third kappa shape index (κ3) is 2.07. The molecule has 0 N–H and O–H groups in total. The predicted octanol–water partition coefficient (Wildman–Crippen LogP) is 1.52. The van der Waals surface area contributed by atoms with E-state index in [-0.39, 0.29) is 6.04 Å². The van der Waals surface area contributed by atoms with Gasteiger partial charge in [0.1, 0.15) is 11.8 Å². The molecule has 0 spiro atoms. The Morgan fingerprint density at radius 2 is 2.06 bits per heavy atom. The zero-order chi connectivity index (χ0) is 12.4. The zero-order valence-electron chi connectivity index (χ0n) is 10.3. The Morgan fingerprint density at radius 1 is 1.22 bits per heavy atom. The zero-order valence-corrected chi connectivity index (χ0v) is 10.3. The van der Waals surface area contributed by atoms with Gasteiger partial charge in [-0.1, -0.05) is 6.07 Å². The number of benzene rings is 1. The van der Waals surface area contributed by atoms with Crippen molar-refractivity contribution in [3.8, 4) is 11.8 Å². The smallest absolute Gasteiger partial charge is 0.124 e. The summed E-state index contributed by atoms with van der Waals surface area (Å²) in [4.78, 5) is 2.18. The highest BCUT2D eigenvalue weighted by Crippen LogP contribution is 2.30. The number of ether oxygens (including phenoxy) is 2. The standard InChI is InChI=1S/C14H16N2O2/c15-10-13(16-4-7-17-8-5-16)11-1-2-14-12(9-11)3-6-18-14/h1-2,9,13H,3-8H2. The minimum atomic E-state index is -0.167. The molecule has 1 atom stereocenters. The fraction of sp³-hybridized carbons (Fsp3) is 0.500. The van der Waals surface area contributed by atoms with Crippen LogP contribution in [-0.4, -0.2) is 37.8 Å². The Morgan fingerprint density at radius 3 is 2.83 bits per heavy atom. The van der Waals surface area contributed by atoms with Gasteiger partial charge in [0.05, 0.1) is 25.9 Å². The van der Waals surface area contributed by atoms with E-state index < -0.39 is 0 Å². The summed E-state index contributed by atoms with van der Waals surface area (Å²) >= 11 is 0. The number of nitrogens with zero attached hydrogens (tertiary/aromatic N) is 2. The van der Waals surface area contributed by atoms with Gasteiger partial charge < -0.3 is 9.47 Å². The van der Waals surface area contributed by atoms with Crippen molar-refractivity contribution < 1.29 is 9.47 Å². The van der Waals surface area contributed by atoms with Crippen LogP contribution < -0.4 is 4.74 Å². The van der Waals surface area contributed by atoms with Gasteiger partial charge in [-0.05, 0) is 23.3 Å². The maximum absolute atomic E-state index is 9.42. The quantitative estimate of drug-likeness (QED) is 0.791. The Labute approximate surface area is 107 Å². The molecule has 1 unspecified atom stereocenters. The summed E-state index contributed by atoms with van der Waals surface area (Å²) in [6.07, 6.45) is 0.949. The van der Waals surface area contributed by atoms with E-state index in [1.807, 2.05) is 12.1 Å². The lowest BCUT2D eigenvalue weighted by atomic mass is 10.0. The number of hydrogen-bond acceptors (Lipinski definition) is 4. The molecule has 0 aliphatic carbocycles. The molecule has 1 saturated heterocycles. The predicted molar refractivity (Wildman–Crippen MR) is 66.4 cm³/mol. The molecule has 2 aliphatic rings. The minimum absolute atomic E-state index is 0.167. The lowest BCUT2D eigenvalue weighted by Gasteiger charge is -2.30. The molecule has 1 aromatic carbocycles. The van der Waals surface area contributed by atoms with Crippen LogP contribution in [0.15, 0.2) is 18.2 Å². The molecule has 2 heterocycles. The molecule has 1 aromatic rings. The molecule has 3 rings (SSSR count). The lowest BCUT2D eigenvalue weighted by molar-refractivity contribution is 0.0266. The van der Waals surface area contributed by atoms with E-state index in [2.05, 4.69) is 17.0 Å². The molecule has 4 nitrogen and oxygen atoms in total. The molecular formula is C14H16N2O2. The largest absolute Gasteiger partial charge is 0.493 e. The molecule has 0 aromatic heterocycles. The number of fused-ring (bicyclic) bond motifs is 1. The summed E-state index contributed by atoms with van der Waals surface area (Å²) in [6, 6.07) is 8.35. The van der Waals surface area contributed by atoms with Crippen molar-refractivity contribution in [2.75, 3.05) is 32.9 Å². The maximum atomic E-state index is 9.42. The summed E-state index contributed by atoms with van der Waals surface area (Å²) in [5.74, 6) is 0.970. The topological polar surface area (TPSA) is 45.5 Å². The molecule has 18 heavy (non-hydrogen) atoms. The fourth-order valence-corrected chi connectivity index (χ4v) is 2.58. The Balaban J connectivity index is 1.85.